The van der Waals surface area contributed by atoms with Crippen LogP contribution in [0, 0.1) is 0 Å². The van der Waals surface area contributed by atoms with Gasteiger partial charge in [-0.1, -0.05) is 44.7 Å². The number of carbonyl (C=O) groups is 1. The van der Waals surface area contributed by atoms with Gasteiger partial charge in [0.05, 0.1) is 18.6 Å². The van der Waals surface area contributed by atoms with E-state index in [1.54, 1.807) is 18.7 Å². The monoisotopic (exact) mass is 447 g/mol. The van der Waals surface area contributed by atoms with Crippen molar-refractivity contribution < 1.29 is 9.21 Å². The van der Waals surface area contributed by atoms with E-state index < -0.39 is 0 Å². The van der Waals surface area contributed by atoms with E-state index in [9.17, 15) is 4.79 Å². The average Bonchev–Trinajstić information content (AvgIpc) is 3.43. The second-order valence-corrected chi connectivity index (χ2v) is 9.32. The van der Waals surface area contributed by atoms with Gasteiger partial charge in [0.15, 0.2) is 11.0 Å². The smallest absolute Gasteiger partial charge is 0.234 e. The average molecular weight is 448 g/mol. The molecule has 1 aromatic carbocycles. The van der Waals surface area contributed by atoms with Gasteiger partial charge in [0, 0.05) is 23.6 Å². The molecule has 0 aliphatic heterocycles. The molecular formula is C24H25N5O2S. The Hall–Kier alpha value is -3.39. The summed E-state index contributed by atoms with van der Waals surface area (Å²) in [6, 6.07) is 15.5. The first-order valence-corrected chi connectivity index (χ1v) is 11.3. The highest BCUT2D eigenvalue weighted by atomic mass is 32.2. The number of hydrogen-bond donors (Lipinski definition) is 1. The molecule has 0 saturated carbocycles. The van der Waals surface area contributed by atoms with Crippen LogP contribution in [-0.2, 0) is 16.8 Å². The van der Waals surface area contributed by atoms with Crippen molar-refractivity contribution in [2.24, 2.45) is 0 Å². The number of amides is 1. The standard InChI is InChI=1S/C24H25N5O2S/c1-24(2,3)18-8-10-19(11-9-18)26-21(30)16-32-23-28-27-22(17-6-4-12-25-14-17)29(23)15-20-7-5-13-31-20/h4-14H,15-16H2,1-3H3,(H,26,30). The minimum absolute atomic E-state index is 0.0719. The third-order valence-electron chi connectivity index (χ3n) is 4.90. The molecule has 4 aromatic rings. The molecule has 0 unspecified atom stereocenters. The lowest BCUT2D eigenvalue weighted by Gasteiger charge is -2.19. The molecule has 1 amide bonds. The summed E-state index contributed by atoms with van der Waals surface area (Å²) in [5.41, 5.74) is 2.92. The summed E-state index contributed by atoms with van der Waals surface area (Å²) < 4.78 is 7.45. The largest absolute Gasteiger partial charge is 0.467 e. The van der Waals surface area contributed by atoms with Gasteiger partial charge < -0.3 is 9.73 Å². The van der Waals surface area contributed by atoms with E-state index in [-0.39, 0.29) is 17.1 Å². The van der Waals surface area contributed by atoms with E-state index in [2.05, 4.69) is 41.3 Å². The number of rotatable bonds is 7. The van der Waals surface area contributed by atoms with Crippen molar-refractivity contribution in [1.29, 1.82) is 0 Å². The summed E-state index contributed by atoms with van der Waals surface area (Å²) in [6.07, 6.45) is 5.09. The van der Waals surface area contributed by atoms with Crippen molar-refractivity contribution in [2.75, 3.05) is 11.1 Å². The molecule has 0 fully saturated rings. The molecule has 7 nitrogen and oxygen atoms in total. The first-order chi connectivity index (χ1) is 15.4. The lowest BCUT2D eigenvalue weighted by Crippen LogP contribution is -2.15. The van der Waals surface area contributed by atoms with Crippen LogP contribution in [0.3, 0.4) is 0 Å². The van der Waals surface area contributed by atoms with Gasteiger partial charge in [0.1, 0.15) is 5.76 Å². The van der Waals surface area contributed by atoms with Crippen LogP contribution in [0.15, 0.2) is 76.8 Å². The lowest BCUT2D eigenvalue weighted by atomic mass is 9.87. The first kappa shape index (κ1) is 21.8. The van der Waals surface area contributed by atoms with Gasteiger partial charge in [-0.25, -0.2) is 0 Å². The maximum absolute atomic E-state index is 12.6. The zero-order chi connectivity index (χ0) is 22.6. The number of pyridine rings is 1. The molecule has 0 saturated heterocycles. The van der Waals surface area contributed by atoms with Crippen molar-refractivity contribution in [3.05, 3.63) is 78.5 Å². The predicted molar refractivity (Wildman–Crippen MR) is 126 cm³/mol. The third kappa shape index (κ3) is 5.26. The number of hydrogen-bond acceptors (Lipinski definition) is 6. The molecule has 0 radical (unpaired) electrons. The molecule has 3 aromatic heterocycles. The van der Waals surface area contributed by atoms with Gasteiger partial charge in [0.2, 0.25) is 5.91 Å². The fourth-order valence-electron chi connectivity index (χ4n) is 3.19. The Balaban J connectivity index is 1.46. The molecule has 0 aliphatic rings. The van der Waals surface area contributed by atoms with Gasteiger partial charge in [-0.05, 0) is 47.4 Å². The van der Waals surface area contributed by atoms with Crippen LogP contribution in [0.2, 0.25) is 0 Å². The van der Waals surface area contributed by atoms with E-state index in [1.807, 2.05) is 53.1 Å². The Morgan fingerprint density at radius 1 is 1.09 bits per heavy atom. The summed E-state index contributed by atoms with van der Waals surface area (Å²) in [7, 11) is 0. The molecule has 164 valence electrons. The maximum atomic E-state index is 12.6. The zero-order valence-electron chi connectivity index (χ0n) is 18.3. The summed E-state index contributed by atoms with van der Waals surface area (Å²) in [5.74, 6) is 1.56. The molecule has 0 atom stereocenters. The van der Waals surface area contributed by atoms with Crippen LogP contribution < -0.4 is 5.32 Å². The van der Waals surface area contributed by atoms with E-state index in [1.165, 1.54) is 17.3 Å². The second kappa shape index (κ2) is 9.40. The fourth-order valence-corrected chi connectivity index (χ4v) is 3.92. The van der Waals surface area contributed by atoms with Crippen molar-refractivity contribution >= 4 is 23.4 Å². The number of nitrogens with zero attached hydrogens (tertiary/aromatic N) is 4. The van der Waals surface area contributed by atoms with Gasteiger partial charge in [-0.15, -0.1) is 10.2 Å². The van der Waals surface area contributed by atoms with Crippen LogP contribution in [0.1, 0.15) is 32.1 Å². The molecule has 32 heavy (non-hydrogen) atoms. The van der Waals surface area contributed by atoms with Crippen molar-refractivity contribution in [3.8, 4) is 11.4 Å². The van der Waals surface area contributed by atoms with E-state index in [0.29, 0.717) is 17.5 Å². The van der Waals surface area contributed by atoms with Crippen LogP contribution in [0.25, 0.3) is 11.4 Å². The molecule has 8 heteroatoms. The number of benzene rings is 1. The topological polar surface area (TPSA) is 85.8 Å². The Labute approximate surface area is 191 Å². The maximum Gasteiger partial charge on any atom is 0.234 e. The molecule has 3 heterocycles. The third-order valence-corrected chi connectivity index (χ3v) is 5.86. The highest BCUT2D eigenvalue weighted by Gasteiger charge is 2.18. The number of thioether (sulfide) groups is 1. The molecule has 0 spiro atoms. The molecular weight excluding hydrogens is 422 g/mol. The number of carbonyl (C=O) groups excluding carboxylic acids is 1. The van der Waals surface area contributed by atoms with Crippen molar-refractivity contribution in [2.45, 2.75) is 37.9 Å². The Morgan fingerprint density at radius 3 is 2.56 bits per heavy atom. The molecule has 0 bridgehead atoms. The molecule has 4 rings (SSSR count). The van der Waals surface area contributed by atoms with Crippen LogP contribution >= 0.6 is 11.8 Å². The minimum atomic E-state index is -0.103. The minimum Gasteiger partial charge on any atom is -0.467 e. The van der Waals surface area contributed by atoms with Crippen LogP contribution in [0.4, 0.5) is 5.69 Å². The summed E-state index contributed by atoms with van der Waals surface area (Å²) in [5, 5.41) is 12.2. The quantitative estimate of drug-likeness (QED) is 0.401. The summed E-state index contributed by atoms with van der Waals surface area (Å²) in [6.45, 7) is 6.95. The first-order valence-electron chi connectivity index (χ1n) is 10.3. The van der Waals surface area contributed by atoms with Gasteiger partial charge >= 0.3 is 0 Å². The van der Waals surface area contributed by atoms with Crippen molar-refractivity contribution in [1.82, 2.24) is 19.7 Å². The predicted octanol–water partition coefficient (Wildman–Crippen LogP) is 5.01. The summed E-state index contributed by atoms with van der Waals surface area (Å²) >= 11 is 1.33. The van der Waals surface area contributed by atoms with Crippen LogP contribution in [-0.4, -0.2) is 31.4 Å². The van der Waals surface area contributed by atoms with E-state index in [4.69, 9.17) is 4.42 Å². The Bertz CT molecular complexity index is 1160. The molecule has 1 N–H and O–H groups in total. The normalized spacial score (nSPS) is 11.5. The van der Waals surface area contributed by atoms with E-state index >= 15 is 0 Å². The Morgan fingerprint density at radius 2 is 1.91 bits per heavy atom. The highest BCUT2D eigenvalue weighted by molar-refractivity contribution is 7.99. The van der Waals surface area contributed by atoms with Gasteiger partial charge in [-0.2, -0.15) is 0 Å². The number of furan rings is 1. The fraction of sp³-hybridized carbons (Fsp3) is 0.250. The molecule has 0 aliphatic carbocycles. The zero-order valence-corrected chi connectivity index (χ0v) is 19.1. The van der Waals surface area contributed by atoms with Crippen molar-refractivity contribution in [3.63, 3.8) is 0 Å². The second-order valence-electron chi connectivity index (χ2n) is 8.38. The van der Waals surface area contributed by atoms with E-state index in [0.717, 1.165) is 17.0 Å². The van der Waals surface area contributed by atoms with Gasteiger partial charge in [0.25, 0.3) is 0 Å². The number of aromatic nitrogens is 4. The summed E-state index contributed by atoms with van der Waals surface area (Å²) in [4.78, 5) is 16.7. The lowest BCUT2D eigenvalue weighted by molar-refractivity contribution is -0.113. The van der Waals surface area contributed by atoms with Crippen LogP contribution in [0.5, 0.6) is 0 Å². The number of nitrogens with one attached hydrogen (secondary N) is 1. The number of anilines is 1. The Kier molecular flexibility index (Phi) is 6.41. The highest BCUT2D eigenvalue weighted by Crippen LogP contribution is 2.26. The SMILES string of the molecule is CC(C)(C)c1ccc(NC(=O)CSc2nnc(-c3cccnc3)n2Cc2ccco2)cc1. The van der Waals surface area contributed by atoms with Gasteiger partial charge in [-0.3, -0.25) is 14.3 Å².